The van der Waals surface area contributed by atoms with Gasteiger partial charge >= 0.3 is 0 Å². The van der Waals surface area contributed by atoms with Crippen molar-refractivity contribution in [3.63, 3.8) is 0 Å². The summed E-state index contributed by atoms with van der Waals surface area (Å²) in [6.07, 6.45) is 0. The zero-order valence-corrected chi connectivity index (χ0v) is 11.6. The fraction of sp³-hybridized carbons (Fsp3) is 0.294. The maximum Gasteiger partial charge on any atom is 0.0443 e. The summed E-state index contributed by atoms with van der Waals surface area (Å²) in [6.45, 7) is 8.75. The van der Waals surface area contributed by atoms with Gasteiger partial charge in [0.05, 0.1) is 0 Å². The molecule has 0 saturated heterocycles. The van der Waals surface area contributed by atoms with Crippen molar-refractivity contribution in [1.29, 1.82) is 0 Å². The Kier molecular flexibility index (Phi) is 3.71. The van der Waals surface area contributed by atoms with Crippen LogP contribution in [0, 0.1) is 13.8 Å². The van der Waals surface area contributed by atoms with Crippen LogP contribution >= 0.6 is 0 Å². The van der Waals surface area contributed by atoms with E-state index in [0.29, 0.717) is 5.92 Å². The number of hydrogen-bond donors (Lipinski definition) is 1. The molecule has 0 unspecified atom stereocenters. The molecular formula is C17H21N. The molecule has 2 aromatic rings. The van der Waals surface area contributed by atoms with Crippen LogP contribution in [0.1, 0.15) is 36.5 Å². The fourth-order valence-corrected chi connectivity index (χ4v) is 2.26. The van der Waals surface area contributed by atoms with Crippen LogP contribution in [0.2, 0.25) is 0 Å². The Bertz CT molecular complexity index is 521. The Morgan fingerprint density at radius 1 is 0.833 bits per heavy atom. The van der Waals surface area contributed by atoms with Crippen LogP contribution in [0.5, 0.6) is 0 Å². The molecule has 0 heterocycles. The predicted octanol–water partition coefficient (Wildman–Crippen LogP) is 5.17. The largest absolute Gasteiger partial charge is 0.355 e. The summed E-state index contributed by atoms with van der Waals surface area (Å²) < 4.78 is 0. The lowest BCUT2D eigenvalue weighted by molar-refractivity contribution is 0.869. The summed E-state index contributed by atoms with van der Waals surface area (Å²) in [5, 5.41) is 3.59. The second-order valence-electron chi connectivity index (χ2n) is 5.13. The molecule has 0 radical (unpaired) electrons. The van der Waals surface area contributed by atoms with Crippen molar-refractivity contribution >= 4 is 11.4 Å². The smallest absolute Gasteiger partial charge is 0.0443 e. The van der Waals surface area contributed by atoms with Gasteiger partial charge in [0.15, 0.2) is 0 Å². The molecular weight excluding hydrogens is 218 g/mol. The summed E-state index contributed by atoms with van der Waals surface area (Å²) >= 11 is 0. The Morgan fingerprint density at radius 2 is 1.44 bits per heavy atom. The molecule has 0 aliphatic carbocycles. The van der Waals surface area contributed by atoms with E-state index >= 15 is 0 Å². The van der Waals surface area contributed by atoms with Crippen LogP contribution in [0.4, 0.5) is 11.4 Å². The molecule has 0 amide bonds. The first-order valence-corrected chi connectivity index (χ1v) is 6.51. The lowest BCUT2D eigenvalue weighted by Gasteiger charge is -2.17. The Balaban J connectivity index is 2.40. The van der Waals surface area contributed by atoms with Crippen molar-refractivity contribution in [2.75, 3.05) is 5.32 Å². The molecule has 18 heavy (non-hydrogen) atoms. The first-order chi connectivity index (χ1) is 8.59. The van der Waals surface area contributed by atoms with Crippen LogP contribution in [0.15, 0.2) is 42.5 Å². The van der Waals surface area contributed by atoms with E-state index in [1.807, 2.05) is 0 Å². The molecule has 2 aromatic carbocycles. The van der Waals surface area contributed by atoms with E-state index in [4.69, 9.17) is 0 Å². The molecule has 0 spiro atoms. The van der Waals surface area contributed by atoms with Gasteiger partial charge < -0.3 is 5.32 Å². The number of para-hydroxylation sites is 2. The maximum atomic E-state index is 3.59. The predicted molar refractivity (Wildman–Crippen MR) is 79.7 cm³/mol. The van der Waals surface area contributed by atoms with Crippen LogP contribution in [0.25, 0.3) is 0 Å². The minimum absolute atomic E-state index is 0.526. The Hall–Kier alpha value is -1.76. The van der Waals surface area contributed by atoms with E-state index in [-0.39, 0.29) is 0 Å². The average Bonchev–Trinajstić information content (AvgIpc) is 2.34. The van der Waals surface area contributed by atoms with Gasteiger partial charge in [0.2, 0.25) is 0 Å². The molecule has 0 aliphatic heterocycles. The van der Waals surface area contributed by atoms with Gasteiger partial charge in [-0.3, -0.25) is 0 Å². The lowest BCUT2D eigenvalue weighted by Crippen LogP contribution is -2.00. The van der Waals surface area contributed by atoms with Crippen LogP contribution in [0.3, 0.4) is 0 Å². The van der Waals surface area contributed by atoms with E-state index in [2.05, 4.69) is 75.5 Å². The number of nitrogens with one attached hydrogen (secondary N) is 1. The zero-order chi connectivity index (χ0) is 13.1. The zero-order valence-electron chi connectivity index (χ0n) is 11.6. The van der Waals surface area contributed by atoms with E-state index in [1.54, 1.807) is 0 Å². The van der Waals surface area contributed by atoms with Crippen molar-refractivity contribution in [3.8, 4) is 0 Å². The highest BCUT2D eigenvalue weighted by atomic mass is 14.9. The normalized spacial score (nSPS) is 10.7. The molecule has 0 atom stereocenters. The minimum atomic E-state index is 0.526. The molecule has 1 N–H and O–H groups in total. The van der Waals surface area contributed by atoms with Crippen LogP contribution in [-0.2, 0) is 0 Å². The van der Waals surface area contributed by atoms with Gasteiger partial charge in [-0.1, -0.05) is 50.2 Å². The molecule has 0 saturated carbocycles. The third-order valence-electron chi connectivity index (χ3n) is 3.32. The number of hydrogen-bond acceptors (Lipinski definition) is 1. The van der Waals surface area contributed by atoms with E-state index in [9.17, 15) is 0 Å². The number of rotatable bonds is 3. The maximum absolute atomic E-state index is 3.59. The Labute approximate surface area is 110 Å². The van der Waals surface area contributed by atoms with Gasteiger partial charge in [-0.25, -0.2) is 0 Å². The summed E-state index contributed by atoms with van der Waals surface area (Å²) in [5.41, 5.74) is 6.37. The molecule has 0 aromatic heterocycles. The first-order valence-electron chi connectivity index (χ1n) is 6.51. The monoisotopic (exact) mass is 239 g/mol. The third kappa shape index (κ3) is 2.56. The van der Waals surface area contributed by atoms with Crippen LogP contribution in [-0.4, -0.2) is 0 Å². The topological polar surface area (TPSA) is 12.0 Å². The summed E-state index contributed by atoms with van der Waals surface area (Å²) in [5.74, 6) is 0.526. The SMILES string of the molecule is Cc1cccc(C)c1Nc1ccccc1C(C)C. The highest BCUT2D eigenvalue weighted by molar-refractivity contribution is 5.69. The van der Waals surface area contributed by atoms with Crippen molar-refractivity contribution in [1.82, 2.24) is 0 Å². The van der Waals surface area contributed by atoms with Gasteiger partial charge in [-0.05, 0) is 42.5 Å². The molecule has 0 bridgehead atoms. The molecule has 0 fully saturated rings. The van der Waals surface area contributed by atoms with Gasteiger partial charge in [0.25, 0.3) is 0 Å². The van der Waals surface area contributed by atoms with Gasteiger partial charge in [-0.15, -0.1) is 0 Å². The van der Waals surface area contributed by atoms with E-state index < -0.39 is 0 Å². The number of aryl methyl sites for hydroxylation is 2. The molecule has 1 nitrogen and oxygen atoms in total. The van der Waals surface area contributed by atoms with E-state index in [1.165, 1.54) is 28.1 Å². The minimum Gasteiger partial charge on any atom is -0.355 e. The summed E-state index contributed by atoms with van der Waals surface area (Å²) in [4.78, 5) is 0. The van der Waals surface area contributed by atoms with Gasteiger partial charge in [0, 0.05) is 11.4 Å². The van der Waals surface area contributed by atoms with Crippen molar-refractivity contribution in [3.05, 3.63) is 59.2 Å². The molecule has 1 heteroatoms. The summed E-state index contributed by atoms with van der Waals surface area (Å²) in [7, 11) is 0. The standard InChI is InChI=1S/C17H21N/c1-12(2)15-10-5-6-11-16(15)18-17-13(3)8-7-9-14(17)4/h5-12,18H,1-4H3. The van der Waals surface area contributed by atoms with Crippen molar-refractivity contribution in [2.45, 2.75) is 33.6 Å². The van der Waals surface area contributed by atoms with Crippen molar-refractivity contribution < 1.29 is 0 Å². The molecule has 94 valence electrons. The second kappa shape index (κ2) is 5.26. The summed E-state index contributed by atoms with van der Waals surface area (Å²) in [6, 6.07) is 14.9. The average molecular weight is 239 g/mol. The second-order valence-corrected chi connectivity index (χ2v) is 5.13. The van der Waals surface area contributed by atoms with Gasteiger partial charge in [0.1, 0.15) is 0 Å². The quantitative estimate of drug-likeness (QED) is 0.779. The number of anilines is 2. The molecule has 2 rings (SSSR count). The highest BCUT2D eigenvalue weighted by Crippen LogP contribution is 2.29. The Morgan fingerprint density at radius 3 is 2.06 bits per heavy atom. The fourth-order valence-electron chi connectivity index (χ4n) is 2.26. The third-order valence-corrected chi connectivity index (χ3v) is 3.32. The first kappa shape index (κ1) is 12.7. The van der Waals surface area contributed by atoms with E-state index in [0.717, 1.165) is 0 Å². The number of benzene rings is 2. The molecule has 0 aliphatic rings. The van der Waals surface area contributed by atoms with Crippen LogP contribution < -0.4 is 5.32 Å². The van der Waals surface area contributed by atoms with Crippen molar-refractivity contribution in [2.24, 2.45) is 0 Å². The van der Waals surface area contributed by atoms with Gasteiger partial charge in [-0.2, -0.15) is 0 Å². The highest BCUT2D eigenvalue weighted by Gasteiger charge is 2.08. The lowest BCUT2D eigenvalue weighted by atomic mass is 10.0.